The van der Waals surface area contributed by atoms with Gasteiger partial charge >= 0.3 is 0 Å². The standard InChI is InChI=1S/C17H23ClN4OS/c1-12(2)22-11-20-21-16(22)24-9-15(23)19-10-17(3,4)13-6-5-7-14(18)8-13/h5-8,11-12H,9-10H2,1-4H3,(H,19,23). The van der Waals surface area contributed by atoms with E-state index in [1.807, 2.05) is 28.8 Å². The van der Waals surface area contributed by atoms with Gasteiger partial charge in [-0.3, -0.25) is 4.79 Å². The van der Waals surface area contributed by atoms with Crippen molar-refractivity contribution in [3.8, 4) is 0 Å². The predicted octanol–water partition coefficient (Wildman–Crippen LogP) is 3.70. The van der Waals surface area contributed by atoms with Crippen LogP contribution < -0.4 is 5.32 Å². The van der Waals surface area contributed by atoms with Crippen LogP contribution >= 0.6 is 23.4 Å². The fourth-order valence-corrected chi connectivity index (χ4v) is 3.27. The molecule has 0 aliphatic carbocycles. The van der Waals surface area contributed by atoms with Crippen LogP contribution in [0.2, 0.25) is 5.02 Å². The Morgan fingerprint density at radius 1 is 1.42 bits per heavy atom. The topological polar surface area (TPSA) is 59.8 Å². The first-order valence-corrected chi connectivity index (χ1v) is 9.21. The fraction of sp³-hybridized carbons (Fsp3) is 0.471. The fourth-order valence-electron chi connectivity index (χ4n) is 2.20. The highest BCUT2D eigenvalue weighted by molar-refractivity contribution is 7.99. The summed E-state index contributed by atoms with van der Waals surface area (Å²) >= 11 is 7.45. The number of nitrogens with one attached hydrogen (secondary N) is 1. The molecule has 0 saturated carbocycles. The molecule has 2 aromatic rings. The molecular weight excluding hydrogens is 344 g/mol. The van der Waals surface area contributed by atoms with Gasteiger partial charge in [0.05, 0.1) is 5.75 Å². The van der Waals surface area contributed by atoms with Gasteiger partial charge in [0.2, 0.25) is 5.91 Å². The Bertz CT molecular complexity index is 699. The Labute approximate surface area is 152 Å². The lowest BCUT2D eigenvalue weighted by Gasteiger charge is -2.25. The van der Waals surface area contributed by atoms with Gasteiger partial charge in [-0.15, -0.1) is 10.2 Å². The van der Waals surface area contributed by atoms with E-state index in [0.717, 1.165) is 10.7 Å². The summed E-state index contributed by atoms with van der Waals surface area (Å²) in [6, 6.07) is 8.01. The molecule has 0 saturated heterocycles. The second kappa shape index (κ2) is 8.03. The number of rotatable bonds is 7. The highest BCUT2D eigenvalue weighted by Gasteiger charge is 2.22. The van der Waals surface area contributed by atoms with Gasteiger partial charge in [-0.1, -0.05) is 49.3 Å². The molecule has 0 fully saturated rings. The summed E-state index contributed by atoms with van der Waals surface area (Å²) in [6.07, 6.45) is 1.69. The summed E-state index contributed by atoms with van der Waals surface area (Å²) in [6.45, 7) is 8.83. The van der Waals surface area contributed by atoms with Gasteiger partial charge in [0.15, 0.2) is 5.16 Å². The van der Waals surface area contributed by atoms with Crippen LogP contribution in [0.25, 0.3) is 0 Å². The largest absolute Gasteiger partial charge is 0.355 e. The van der Waals surface area contributed by atoms with Crippen LogP contribution in [-0.2, 0) is 10.2 Å². The van der Waals surface area contributed by atoms with Crippen molar-refractivity contribution in [1.29, 1.82) is 0 Å². The van der Waals surface area contributed by atoms with E-state index in [0.29, 0.717) is 17.3 Å². The lowest BCUT2D eigenvalue weighted by atomic mass is 9.84. The van der Waals surface area contributed by atoms with Gasteiger partial charge in [-0.25, -0.2) is 0 Å². The van der Waals surface area contributed by atoms with Crippen molar-refractivity contribution in [2.75, 3.05) is 12.3 Å². The highest BCUT2D eigenvalue weighted by Crippen LogP contribution is 2.25. The van der Waals surface area contributed by atoms with Crippen LogP contribution in [0.5, 0.6) is 0 Å². The monoisotopic (exact) mass is 366 g/mol. The zero-order chi connectivity index (χ0) is 17.7. The number of hydrogen-bond donors (Lipinski definition) is 1. The van der Waals surface area contributed by atoms with Gasteiger partial charge in [0.1, 0.15) is 6.33 Å². The smallest absolute Gasteiger partial charge is 0.230 e. The van der Waals surface area contributed by atoms with Crippen LogP contribution in [0.4, 0.5) is 0 Å². The number of nitrogens with zero attached hydrogens (tertiary/aromatic N) is 3. The van der Waals surface area contributed by atoms with E-state index in [1.54, 1.807) is 6.33 Å². The number of carbonyl (C=O) groups excluding carboxylic acids is 1. The molecule has 0 atom stereocenters. The van der Waals surface area contributed by atoms with E-state index >= 15 is 0 Å². The zero-order valence-corrected chi connectivity index (χ0v) is 16.0. The van der Waals surface area contributed by atoms with Gasteiger partial charge in [-0.05, 0) is 31.5 Å². The molecular formula is C17H23ClN4OS. The van der Waals surface area contributed by atoms with E-state index in [4.69, 9.17) is 11.6 Å². The van der Waals surface area contributed by atoms with Gasteiger partial charge in [0, 0.05) is 23.0 Å². The van der Waals surface area contributed by atoms with Gasteiger partial charge < -0.3 is 9.88 Å². The summed E-state index contributed by atoms with van der Waals surface area (Å²) in [7, 11) is 0. The Hall–Kier alpha value is -1.53. The first-order chi connectivity index (χ1) is 11.3. The van der Waals surface area contributed by atoms with Crippen LogP contribution in [0.15, 0.2) is 35.7 Å². The summed E-state index contributed by atoms with van der Waals surface area (Å²) in [4.78, 5) is 12.1. The van der Waals surface area contributed by atoms with Crippen LogP contribution in [0.3, 0.4) is 0 Å². The second-order valence-electron chi connectivity index (χ2n) is 6.57. The van der Waals surface area contributed by atoms with Crippen molar-refractivity contribution >= 4 is 29.3 Å². The third-order valence-electron chi connectivity index (χ3n) is 3.76. The molecule has 2 rings (SSSR count). The van der Waals surface area contributed by atoms with E-state index in [9.17, 15) is 4.79 Å². The van der Waals surface area contributed by atoms with Crippen molar-refractivity contribution in [2.45, 2.75) is 44.3 Å². The molecule has 130 valence electrons. The molecule has 1 heterocycles. The van der Waals surface area contributed by atoms with Gasteiger partial charge in [-0.2, -0.15) is 0 Å². The zero-order valence-electron chi connectivity index (χ0n) is 14.4. The molecule has 5 nitrogen and oxygen atoms in total. The SMILES string of the molecule is CC(C)n1cnnc1SCC(=O)NCC(C)(C)c1cccc(Cl)c1. The molecule has 0 spiro atoms. The minimum absolute atomic E-state index is 0.0200. The highest BCUT2D eigenvalue weighted by atomic mass is 35.5. The van der Waals surface area contributed by atoms with Crippen molar-refractivity contribution in [3.05, 3.63) is 41.2 Å². The third kappa shape index (κ3) is 4.98. The first kappa shape index (κ1) is 18.8. The molecule has 0 bridgehead atoms. The number of aromatic nitrogens is 3. The Morgan fingerprint density at radius 3 is 2.83 bits per heavy atom. The number of carbonyl (C=O) groups is 1. The summed E-state index contributed by atoms with van der Waals surface area (Å²) in [5, 5.41) is 12.4. The van der Waals surface area contributed by atoms with Crippen molar-refractivity contribution < 1.29 is 4.79 Å². The summed E-state index contributed by atoms with van der Waals surface area (Å²) in [5.41, 5.74) is 0.908. The number of amides is 1. The predicted molar refractivity (Wildman–Crippen MR) is 98.6 cm³/mol. The summed E-state index contributed by atoms with van der Waals surface area (Å²) in [5.74, 6) is 0.297. The van der Waals surface area contributed by atoms with Crippen LogP contribution in [0.1, 0.15) is 39.3 Å². The number of halogens is 1. The summed E-state index contributed by atoms with van der Waals surface area (Å²) < 4.78 is 1.95. The number of thioether (sulfide) groups is 1. The van der Waals surface area contributed by atoms with E-state index < -0.39 is 0 Å². The average Bonchev–Trinajstić information content (AvgIpc) is 3.00. The Morgan fingerprint density at radius 2 is 2.17 bits per heavy atom. The molecule has 7 heteroatoms. The molecule has 0 radical (unpaired) electrons. The number of benzene rings is 1. The maximum Gasteiger partial charge on any atom is 0.230 e. The van der Waals surface area contributed by atoms with E-state index in [2.05, 4.69) is 43.2 Å². The van der Waals surface area contributed by atoms with Crippen LogP contribution in [-0.4, -0.2) is 33.0 Å². The van der Waals surface area contributed by atoms with Gasteiger partial charge in [0.25, 0.3) is 0 Å². The molecule has 0 unspecified atom stereocenters. The molecule has 1 aromatic heterocycles. The lowest BCUT2D eigenvalue weighted by molar-refractivity contribution is -0.118. The minimum atomic E-state index is -0.191. The van der Waals surface area contributed by atoms with Crippen molar-refractivity contribution in [3.63, 3.8) is 0 Å². The molecule has 0 aliphatic heterocycles. The van der Waals surface area contributed by atoms with E-state index in [-0.39, 0.29) is 17.4 Å². The first-order valence-electron chi connectivity index (χ1n) is 7.84. The minimum Gasteiger partial charge on any atom is -0.355 e. The van der Waals surface area contributed by atoms with Crippen molar-refractivity contribution in [2.24, 2.45) is 0 Å². The number of hydrogen-bond acceptors (Lipinski definition) is 4. The molecule has 0 aliphatic rings. The Kier molecular flexibility index (Phi) is 6.29. The third-order valence-corrected chi connectivity index (χ3v) is 4.95. The van der Waals surface area contributed by atoms with Crippen LogP contribution in [0, 0.1) is 0 Å². The maximum absolute atomic E-state index is 12.1. The molecule has 24 heavy (non-hydrogen) atoms. The lowest BCUT2D eigenvalue weighted by Crippen LogP contribution is -2.37. The quantitative estimate of drug-likeness (QED) is 0.759. The molecule has 1 amide bonds. The molecule has 1 N–H and O–H groups in total. The Balaban J connectivity index is 1.87. The van der Waals surface area contributed by atoms with E-state index in [1.165, 1.54) is 11.8 Å². The molecule has 1 aromatic carbocycles. The average molecular weight is 367 g/mol. The van der Waals surface area contributed by atoms with Crippen molar-refractivity contribution in [1.82, 2.24) is 20.1 Å². The second-order valence-corrected chi connectivity index (χ2v) is 7.95. The maximum atomic E-state index is 12.1. The normalized spacial score (nSPS) is 11.8.